The topological polar surface area (TPSA) is 84.9 Å². The van der Waals surface area contributed by atoms with Gasteiger partial charge in [0.25, 0.3) is 5.91 Å². The van der Waals surface area contributed by atoms with Crippen LogP contribution in [0.1, 0.15) is 69.2 Å². The molecule has 2 aliphatic rings. The number of aliphatic hydroxyl groups is 1. The van der Waals surface area contributed by atoms with Crippen molar-refractivity contribution in [2.24, 2.45) is 0 Å². The fourth-order valence-corrected chi connectivity index (χ4v) is 4.79. The van der Waals surface area contributed by atoms with Crippen molar-refractivity contribution < 1.29 is 14.7 Å². The molecule has 2 aliphatic heterocycles. The van der Waals surface area contributed by atoms with Crippen molar-refractivity contribution in [3.05, 3.63) is 77.0 Å². The van der Waals surface area contributed by atoms with Crippen LogP contribution >= 0.6 is 0 Å². The van der Waals surface area contributed by atoms with Crippen LogP contribution in [-0.2, 0) is 16.0 Å². The molecule has 2 heterocycles. The standard InChI is InChI=1S/C28H36N4O3.C2H6/c1-3-4-5-9-24-18-31(19-27(34)29-23-8-6-7-21(16-23)14-15-33)28(35)26-17-25(30-32(24)26)22-12-10-20(2)11-13-22;1-2/h6-8,10-13,16-17,24-25,30,33H,3-5,9,14-15,18-19H2,1-2H3,(H,29,34);1-2H3. The first-order chi connectivity index (χ1) is 18.0. The van der Waals surface area contributed by atoms with Gasteiger partial charge in [0, 0.05) is 18.8 Å². The molecule has 3 N–H and O–H groups in total. The molecule has 2 aromatic carbocycles. The lowest BCUT2D eigenvalue weighted by Gasteiger charge is -2.41. The van der Waals surface area contributed by atoms with E-state index in [1.165, 1.54) is 5.56 Å². The third-order valence-electron chi connectivity index (χ3n) is 6.69. The molecule has 1 saturated heterocycles. The van der Waals surface area contributed by atoms with Crippen molar-refractivity contribution in [1.82, 2.24) is 15.3 Å². The quantitative estimate of drug-likeness (QED) is 0.406. The maximum Gasteiger partial charge on any atom is 0.271 e. The summed E-state index contributed by atoms with van der Waals surface area (Å²) in [4.78, 5) is 27.9. The lowest BCUT2D eigenvalue weighted by molar-refractivity contribution is -0.137. The number of aliphatic hydroxyl groups excluding tert-OH is 1. The van der Waals surface area contributed by atoms with Crippen LogP contribution in [-0.4, -0.2) is 52.6 Å². The molecule has 2 atom stereocenters. The summed E-state index contributed by atoms with van der Waals surface area (Å²) in [6, 6.07) is 15.9. The average Bonchev–Trinajstić information content (AvgIpc) is 3.35. The highest BCUT2D eigenvalue weighted by molar-refractivity contribution is 5.99. The first-order valence-electron chi connectivity index (χ1n) is 13.6. The Bertz CT molecular complexity index is 1070. The van der Waals surface area contributed by atoms with Crippen molar-refractivity contribution >= 4 is 17.5 Å². The van der Waals surface area contributed by atoms with E-state index < -0.39 is 0 Å². The van der Waals surface area contributed by atoms with Crippen molar-refractivity contribution in [2.75, 3.05) is 25.0 Å². The molecule has 0 saturated carbocycles. The Morgan fingerprint density at radius 3 is 2.59 bits per heavy atom. The summed E-state index contributed by atoms with van der Waals surface area (Å²) in [5, 5.41) is 14.1. The number of carbonyl (C=O) groups excluding carboxylic acids is 2. The average molecular weight is 507 g/mol. The van der Waals surface area contributed by atoms with Gasteiger partial charge in [0.05, 0.1) is 12.1 Å². The molecule has 7 nitrogen and oxygen atoms in total. The number of hydrogen-bond donors (Lipinski definition) is 3. The monoisotopic (exact) mass is 506 g/mol. The second-order valence-electron chi connectivity index (χ2n) is 9.50. The molecule has 37 heavy (non-hydrogen) atoms. The molecular formula is C30H42N4O3. The predicted octanol–water partition coefficient (Wildman–Crippen LogP) is 4.73. The molecule has 2 amide bonds. The number of nitrogens with zero attached hydrogens (tertiary/aromatic N) is 2. The second-order valence-corrected chi connectivity index (χ2v) is 9.50. The van der Waals surface area contributed by atoms with E-state index in [-0.39, 0.29) is 37.0 Å². The minimum absolute atomic E-state index is 0.00766. The maximum absolute atomic E-state index is 13.4. The number of rotatable bonds is 10. The van der Waals surface area contributed by atoms with Crippen molar-refractivity contribution in [2.45, 2.75) is 71.9 Å². The second kappa shape index (κ2) is 14.0. The number of anilines is 1. The highest BCUT2D eigenvalue weighted by Crippen LogP contribution is 2.32. The number of hydrogen-bond acceptors (Lipinski definition) is 5. The Morgan fingerprint density at radius 1 is 1.14 bits per heavy atom. The summed E-state index contributed by atoms with van der Waals surface area (Å²) in [6.07, 6.45) is 6.83. The third-order valence-corrected chi connectivity index (χ3v) is 6.69. The van der Waals surface area contributed by atoms with Crippen molar-refractivity contribution in [1.29, 1.82) is 0 Å². The Labute approximate surface area is 221 Å². The number of carbonyl (C=O) groups is 2. The van der Waals surface area contributed by atoms with Crippen LogP contribution < -0.4 is 10.7 Å². The smallest absolute Gasteiger partial charge is 0.271 e. The van der Waals surface area contributed by atoms with Gasteiger partial charge in [-0.3, -0.25) is 14.6 Å². The predicted molar refractivity (Wildman–Crippen MR) is 149 cm³/mol. The van der Waals surface area contributed by atoms with Gasteiger partial charge in [-0.2, -0.15) is 0 Å². The van der Waals surface area contributed by atoms with E-state index in [9.17, 15) is 14.7 Å². The molecular weight excluding hydrogens is 464 g/mol. The van der Waals surface area contributed by atoms with Gasteiger partial charge in [-0.15, -0.1) is 0 Å². The fourth-order valence-electron chi connectivity index (χ4n) is 4.79. The summed E-state index contributed by atoms with van der Waals surface area (Å²) < 4.78 is 0. The molecule has 200 valence electrons. The van der Waals surface area contributed by atoms with Gasteiger partial charge < -0.3 is 15.3 Å². The van der Waals surface area contributed by atoms with Crippen LogP contribution in [0.2, 0.25) is 0 Å². The van der Waals surface area contributed by atoms with Gasteiger partial charge >= 0.3 is 0 Å². The van der Waals surface area contributed by atoms with Crippen molar-refractivity contribution in [3.8, 4) is 0 Å². The maximum atomic E-state index is 13.4. The molecule has 0 spiro atoms. The van der Waals surface area contributed by atoms with Gasteiger partial charge in [0.1, 0.15) is 12.2 Å². The summed E-state index contributed by atoms with van der Waals surface area (Å²) in [5.41, 5.74) is 8.11. The highest BCUT2D eigenvalue weighted by atomic mass is 16.3. The van der Waals surface area contributed by atoms with Crippen LogP contribution in [0.5, 0.6) is 0 Å². The third kappa shape index (κ3) is 7.43. The molecule has 2 unspecified atom stereocenters. The summed E-state index contributed by atoms with van der Waals surface area (Å²) in [5.74, 6) is -0.343. The number of fused-ring (bicyclic) bond motifs is 1. The van der Waals surface area contributed by atoms with Crippen LogP contribution in [0.4, 0.5) is 5.69 Å². The SMILES string of the molecule is CC.CCCCCC1CN(CC(=O)Nc2cccc(CCO)c2)C(=O)C2=CC(c3ccc(C)cc3)NN21. The number of benzene rings is 2. The van der Waals surface area contributed by atoms with Crippen LogP contribution in [0.25, 0.3) is 0 Å². The fraction of sp³-hybridized carbons (Fsp3) is 0.467. The van der Waals surface area contributed by atoms with E-state index in [2.05, 4.69) is 48.9 Å². The molecule has 4 rings (SSSR count). The van der Waals surface area contributed by atoms with Gasteiger partial charge in [0.15, 0.2) is 0 Å². The normalized spacial score (nSPS) is 18.6. The lowest BCUT2D eigenvalue weighted by atomic mass is 10.0. The van der Waals surface area contributed by atoms with Crippen molar-refractivity contribution in [3.63, 3.8) is 0 Å². The zero-order valence-electron chi connectivity index (χ0n) is 22.7. The number of unbranched alkanes of at least 4 members (excludes halogenated alkanes) is 2. The molecule has 0 aromatic heterocycles. The van der Waals surface area contributed by atoms with Crippen LogP contribution in [0, 0.1) is 6.92 Å². The van der Waals surface area contributed by atoms with E-state index in [1.54, 1.807) is 4.90 Å². The van der Waals surface area contributed by atoms with E-state index in [1.807, 2.05) is 49.2 Å². The first-order valence-corrected chi connectivity index (χ1v) is 13.6. The highest BCUT2D eigenvalue weighted by Gasteiger charge is 2.41. The molecule has 1 fully saturated rings. The molecule has 7 heteroatoms. The zero-order chi connectivity index (χ0) is 26.8. The molecule has 0 radical (unpaired) electrons. The van der Waals surface area contributed by atoms with Gasteiger partial charge in [-0.05, 0) is 49.1 Å². The number of hydrazine groups is 1. The molecule has 2 aromatic rings. The minimum atomic E-state index is -0.220. The Balaban J connectivity index is 0.00000186. The Morgan fingerprint density at radius 2 is 1.89 bits per heavy atom. The van der Waals surface area contributed by atoms with E-state index in [4.69, 9.17) is 0 Å². The van der Waals surface area contributed by atoms with E-state index in [0.717, 1.165) is 36.8 Å². The van der Waals surface area contributed by atoms with Gasteiger partial charge in [-0.1, -0.05) is 82.0 Å². The summed E-state index contributed by atoms with van der Waals surface area (Å²) in [7, 11) is 0. The number of nitrogens with one attached hydrogen (secondary N) is 2. The van der Waals surface area contributed by atoms with Gasteiger partial charge in [0.2, 0.25) is 5.91 Å². The zero-order valence-corrected chi connectivity index (χ0v) is 22.7. The molecule has 0 bridgehead atoms. The first kappa shape index (κ1) is 28.4. The Kier molecular flexibility index (Phi) is 10.7. The Hall–Kier alpha value is -3.16. The van der Waals surface area contributed by atoms with E-state index >= 15 is 0 Å². The largest absolute Gasteiger partial charge is 0.396 e. The summed E-state index contributed by atoms with van der Waals surface area (Å²) >= 11 is 0. The van der Waals surface area contributed by atoms with Crippen LogP contribution in [0.3, 0.4) is 0 Å². The lowest BCUT2D eigenvalue weighted by Crippen LogP contribution is -2.57. The van der Waals surface area contributed by atoms with Crippen LogP contribution in [0.15, 0.2) is 60.3 Å². The summed E-state index contributed by atoms with van der Waals surface area (Å²) in [6.45, 7) is 8.82. The number of piperazine rings is 1. The number of amides is 2. The van der Waals surface area contributed by atoms with Gasteiger partial charge in [-0.25, -0.2) is 5.43 Å². The van der Waals surface area contributed by atoms with E-state index in [0.29, 0.717) is 24.4 Å². The molecule has 0 aliphatic carbocycles. The number of aryl methyl sites for hydroxylation is 1. The minimum Gasteiger partial charge on any atom is -0.396 e.